The lowest BCUT2D eigenvalue weighted by Crippen LogP contribution is -2.46. The van der Waals surface area contributed by atoms with Crippen LogP contribution in [0.1, 0.15) is 44.1 Å². The molecule has 2 aliphatic rings. The summed E-state index contributed by atoms with van der Waals surface area (Å²) in [7, 11) is 2.21. The van der Waals surface area contributed by atoms with Crippen molar-refractivity contribution in [2.75, 3.05) is 39.8 Å². The quantitative estimate of drug-likeness (QED) is 0.859. The smallest absolute Gasteiger partial charge is 0.0540 e. The fourth-order valence-electron chi connectivity index (χ4n) is 4.58. The number of hydrogen-bond donors (Lipinski definition) is 1. The van der Waals surface area contributed by atoms with Gasteiger partial charge < -0.3 is 14.9 Å². The molecule has 0 spiro atoms. The highest BCUT2D eigenvalue weighted by Crippen LogP contribution is 2.39. The van der Waals surface area contributed by atoms with E-state index in [1.54, 1.807) is 0 Å². The number of aliphatic hydroxyl groups excluding tert-OH is 1. The molecule has 0 radical (unpaired) electrons. The molecule has 3 nitrogen and oxygen atoms in total. The topological polar surface area (TPSA) is 26.7 Å². The monoisotopic (exact) mass is 364 g/mol. The molecule has 3 rings (SSSR count). The van der Waals surface area contributed by atoms with Gasteiger partial charge in [-0.1, -0.05) is 30.7 Å². The lowest BCUT2D eigenvalue weighted by molar-refractivity contribution is 0.0794. The SMILES string of the molecule is CC(C1CCC(O)CC1)C(CN1CCN(C)CC1)c1cccc(Cl)c1. The van der Waals surface area contributed by atoms with Crippen LogP contribution in [0.4, 0.5) is 0 Å². The summed E-state index contributed by atoms with van der Waals surface area (Å²) in [5.41, 5.74) is 1.38. The molecule has 2 atom stereocenters. The van der Waals surface area contributed by atoms with Gasteiger partial charge in [-0.25, -0.2) is 0 Å². The van der Waals surface area contributed by atoms with E-state index < -0.39 is 0 Å². The highest BCUT2D eigenvalue weighted by Gasteiger charge is 2.31. The second-order valence-corrected chi connectivity index (χ2v) is 8.63. The number of rotatable bonds is 5. The Balaban J connectivity index is 1.74. The Kier molecular flexibility index (Phi) is 6.79. The predicted molar refractivity (Wildman–Crippen MR) is 105 cm³/mol. The summed E-state index contributed by atoms with van der Waals surface area (Å²) in [6, 6.07) is 8.48. The van der Waals surface area contributed by atoms with E-state index in [9.17, 15) is 5.11 Å². The molecule has 0 amide bonds. The van der Waals surface area contributed by atoms with Gasteiger partial charge in [0.2, 0.25) is 0 Å². The highest BCUT2D eigenvalue weighted by atomic mass is 35.5. The van der Waals surface area contributed by atoms with Crippen LogP contribution >= 0.6 is 11.6 Å². The van der Waals surface area contributed by atoms with Crippen molar-refractivity contribution in [1.29, 1.82) is 0 Å². The Morgan fingerprint density at radius 2 is 1.80 bits per heavy atom. The van der Waals surface area contributed by atoms with Gasteiger partial charge in [0.05, 0.1) is 6.10 Å². The van der Waals surface area contributed by atoms with Crippen LogP contribution in [0.5, 0.6) is 0 Å². The van der Waals surface area contributed by atoms with E-state index in [0.717, 1.165) is 63.4 Å². The molecule has 1 saturated heterocycles. The van der Waals surface area contributed by atoms with Crippen molar-refractivity contribution >= 4 is 11.6 Å². The molecule has 2 unspecified atom stereocenters. The number of aliphatic hydroxyl groups is 1. The van der Waals surface area contributed by atoms with Crippen LogP contribution in [-0.4, -0.2) is 60.8 Å². The fraction of sp³-hybridized carbons (Fsp3) is 0.714. The van der Waals surface area contributed by atoms with Gasteiger partial charge in [0.25, 0.3) is 0 Å². The predicted octanol–water partition coefficient (Wildman–Crippen LogP) is 3.86. The summed E-state index contributed by atoms with van der Waals surface area (Å²) in [5, 5.41) is 10.7. The zero-order valence-electron chi connectivity index (χ0n) is 15.7. The number of piperazine rings is 1. The maximum Gasteiger partial charge on any atom is 0.0540 e. The van der Waals surface area contributed by atoms with E-state index >= 15 is 0 Å². The van der Waals surface area contributed by atoms with Crippen LogP contribution in [0.15, 0.2) is 24.3 Å². The number of benzene rings is 1. The number of halogens is 1. The van der Waals surface area contributed by atoms with E-state index in [2.05, 4.69) is 42.0 Å². The maximum atomic E-state index is 9.86. The molecule has 1 aliphatic heterocycles. The molecule has 25 heavy (non-hydrogen) atoms. The van der Waals surface area contributed by atoms with Gasteiger partial charge in [-0.05, 0) is 68.2 Å². The molecular weight excluding hydrogens is 332 g/mol. The molecule has 1 aromatic rings. The Morgan fingerprint density at radius 3 is 2.44 bits per heavy atom. The lowest BCUT2D eigenvalue weighted by Gasteiger charge is -2.40. The second-order valence-electron chi connectivity index (χ2n) is 8.19. The van der Waals surface area contributed by atoms with Crippen molar-refractivity contribution in [3.05, 3.63) is 34.9 Å². The Bertz CT molecular complexity index is 536. The molecule has 140 valence electrons. The van der Waals surface area contributed by atoms with Crippen LogP contribution in [0, 0.1) is 11.8 Å². The van der Waals surface area contributed by atoms with E-state index in [1.807, 2.05) is 6.07 Å². The first-order valence-electron chi connectivity index (χ1n) is 9.87. The second kappa shape index (κ2) is 8.85. The Hall–Kier alpha value is -0.610. The third-order valence-corrected chi connectivity index (χ3v) is 6.68. The summed E-state index contributed by atoms with van der Waals surface area (Å²) < 4.78 is 0. The minimum Gasteiger partial charge on any atom is -0.393 e. The largest absolute Gasteiger partial charge is 0.393 e. The molecule has 2 fully saturated rings. The third kappa shape index (κ3) is 5.19. The molecular formula is C21H33ClN2O. The number of likely N-dealkylation sites (N-methyl/N-ethyl adjacent to an activating group) is 1. The van der Waals surface area contributed by atoms with E-state index in [0.29, 0.717) is 17.8 Å². The zero-order chi connectivity index (χ0) is 17.8. The Labute approximate surface area is 158 Å². The molecule has 0 aromatic heterocycles. The number of hydrogen-bond acceptors (Lipinski definition) is 3. The van der Waals surface area contributed by atoms with Crippen LogP contribution < -0.4 is 0 Å². The van der Waals surface area contributed by atoms with Gasteiger partial charge in [0.15, 0.2) is 0 Å². The van der Waals surface area contributed by atoms with E-state index in [1.165, 1.54) is 5.56 Å². The first-order valence-corrected chi connectivity index (χ1v) is 10.2. The van der Waals surface area contributed by atoms with Gasteiger partial charge in [-0.2, -0.15) is 0 Å². The standard InChI is InChI=1S/C21H33ClN2O/c1-16(17-6-8-20(25)9-7-17)21(18-4-3-5-19(22)14-18)15-24-12-10-23(2)11-13-24/h3-5,14,16-17,20-21,25H,6-13,15H2,1-2H3. The molecule has 1 aromatic carbocycles. The van der Waals surface area contributed by atoms with Crippen molar-refractivity contribution in [1.82, 2.24) is 9.80 Å². The summed E-state index contributed by atoms with van der Waals surface area (Å²) in [4.78, 5) is 5.04. The summed E-state index contributed by atoms with van der Waals surface area (Å²) in [5.74, 6) is 1.84. The molecule has 1 N–H and O–H groups in total. The van der Waals surface area contributed by atoms with Crippen molar-refractivity contribution in [2.45, 2.75) is 44.6 Å². The van der Waals surface area contributed by atoms with Crippen molar-refractivity contribution in [3.8, 4) is 0 Å². The average molecular weight is 365 g/mol. The van der Waals surface area contributed by atoms with Gasteiger partial charge in [0, 0.05) is 37.7 Å². The highest BCUT2D eigenvalue weighted by molar-refractivity contribution is 6.30. The van der Waals surface area contributed by atoms with E-state index in [4.69, 9.17) is 11.6 Å². The normalized spacial score (nSPS) is 28.6. The lowest BCUT2D eigenvalue weighted by atomic mass is 9.72. The molecule has 1 heterocycles. The summed E-state index contributed by atoms with van der Waals surface area (Å²) in [6.45, 7) is 8.17. The minimum atomic E-state index is -0.0781. The minimum absolute atomic E-state index is 0.0781. The van der Waals surface area contributed by atoms with Crippen LogP contribution in [-0.2, 0) is 0 Å². The van der Waals surface area contributed by atoms with E-state index in [-0.39, 0.29) is 6.10 Å². The first-order chi connectivity index (χ1) is 12.0. The summed E-state index contributed by atoms with van der Waals surface area (Å²) >= 11 is 6.31. The fourth-order valence-corrected chi connectivity index (χ4v) is 4.78. The number of nitrogens with zero attached hydrogens (tertiary/aromatic N) is 2. The van der Waals surface area contributed by atoms with Crippen molar-refractivity contribution in [3.63, 3.8) is 0 Å². The molecule has 4 heteroatoms. The molecule has 1 aliphatic carbocycles. The van der Waals surface area contributed by atoms with Crippen molar-refractivity contribution < 1.29 is 5.11 Å². The van der Waals surface area contributed by atoms with Crippen molar-refractivity contribution in [2.24, 2.45) is 11.8 Å². The zero-order valence-corrected chi connectivity index (χ0v) is 16.5. The third-order valence-electron chi connectivity index (χ3n) is 6.45. The van der Waals surface area contributed by atoms with Gasteiger partial charge >= 0.3 is 0 Å². The van der Waals surface area contributed by atoms with Crippen LogP contribution in [0.3, 0.4) is 0 Å². The summed E-state index contributed by atoms with van der Waals surface area (Å²) in [6.07, 6.45) is 4.16. The molecule has 0 bridgehead atoms. The maximum absolute atomic E-state index is 9.86. The molecule has 1 saturated carbocycles. The van der Waals surface area contributed by atoms with Crippen LogP contribution in [0.2, 0.25) is 5.02 Å². The first kappa shape index (κ1) is 19.2. The van der Waals surface area contributed by atoms with Gasteiger partial charge in [0.1, 0.15) is 0 Å². The Morgan fingerprint density at radius 1 is 1.12 bits per heavy atom. The van der Waals surface area contributed by atoms with Gasteiger partial charge in [-0.3, -0.25) is 0 Å². The van der Waals surface area contributed by atoms with Gasteiger partial charge in [-0.15, -0.1) is 0 Å². The average Bonchev–Trinajstić information content (AvgIpc) is 2.61. The van der Waals surface area contributed by atoms with Crippen LogP contribution in [0.25, 0.3) is 0 Å².